The summed E-state index contributed by atoms with van der Waals surface area (Å²) < 4.78 is 48.6. The Hall–Kier alpha value is -1.59. The minimum atomic E-state index is -5.36. The molecule has 25 heavy (non-hydrogen) atoms. The molecular weight excluding hydrogens is 370 g/mol. The third-order valence-corrected chi connectivity index (χ3v) is 3.34. The van der Waals surface area contributed by atoms with Crippen molar-refractivity contribution in [2.75, 3.05) is 6.61 Å². The van der Waals surface area contributed by atoms with Gasteiger partial charge in [0.05, 0.1) is 0 Å². The number of hydrogen-bond donors (Lipinski definition) is 1. The van der Waals surface area contributed by atoms with Crippen LogP contribution in [0.25, 0.3) is 0 Å². The van der Waals surface area contributed by atoms with Crippen LogP contribution in [0.4, 0.5) is 4.39 Å². The van der Waals surface area contributed by atoms with Crippen molar-refractivity contribution in [1.29, 1.82) is 0 Å². The molecule has 0 aliphatic carbocycles. The average Bonchev–Trinajstić information content (AvgIpc) is 2.69. The van der Waals surface area contributed by atoms with Crippen LogP contribution in [0.3, 0.4) is 0 Å². The van der Waals surface area contributed by atoms with Crippen molar-refractivity contribution in [2.24, 2.45) is 0 Å². The second kappa shape index (κ2) is 8.68. The van der Waals surface area contributed by atoms with E-state index in [0.29, 0.717) is 0 Å². The molecular formula is C12H17FO11P-. The van der Waals surface area contributed by atoms with Crippen LogP contribution in [0.15, 0.2) is 0 Å². The zero-order valence-electron chi connectivity index (χ0n) is 13.4. The van der Waals surface area contributed by atoms with Gasteiger partial charge in [0.15, 0.2) is 18.4 Å². The third kappa shape index (κ3) is 7.04. The monoisotopic (exact) mass is 387 g/mol. The Kier molecular flexibility index (Phi) is 7.44. The first-order valence-electron chi connectivity index (χ1n) is 6.90. The second-order valence-corrected chi connectivity index (χ2v) is 6.16. The molecule has 1 heterocycles. The van der Waals surface area contributed by atoms with Gasteiger partial charge in [-0.1, -0.05) is 0 Å². The summed E-state index contributed by atoms with van der Waals surface area (Å²) >= 11 is 0. The zero-order chi connectivity index (χ0) is 19.4. The fourth-order valence-corrected chi connectivity index (χ4v) is 2.51. The molecule has 0 aromatic heterocycles. The molecule has 1 aliphatic heterocycles. The molecule has 0 spiro atoms. The van der Waals surface area contributed by atoms with Crippen LogP contribution in [-0.2, 0) is 42.4 Å². The van der Waals surface area contributed by atoms with Crippen LogP contribution in [0, 0.1) is 0 Å². The molecule has 0 aromatic carbocycles. The highest BCUT2D eigenvalue weighted by molar-refractivity contribution is 7.44. The number of alkyl halides is 1. The highest BCUT2D eigenvalue weighted by Crippen LogP contribution is 2.40. The van der Waals surface area contributed by atoms with E-state index in [4.69, 9.17) is 14.4 Å². The van der Waals surface area contributed by atoms with E-state index >= 15 is 0 Å². The summed E-state index contributed by atoms with van der Waals surface area (Å²) in [6.45, 7) is 2.38. The number of carbonyl (C=O) groups is 3. The smallest absolute Gasteiger partial charge is 0.303 e. The lowest BCUT2D eigenvalue weighted by Gasteiger charge is -2.24. The summed E-state index contributed by atoms with van der Waals surface area (Å²) in [6, 6.07) is 0. The van der Waals surface area contributed by atoms with Crippen molar-refractivity contribution in [3.63, 3.8) is 0 Å². The predicted octanol–water partition coefficient (Wildman–Crippen LogP) is -1.05. The van der Waals surface area contributed by atoms with Crippen LogP contribution in [0.5, 0.6) is 0 Å². The van der Waals surface area contributed by atoms with E-state index in [1.54, 1.807) is 0 Å². The van der Waals surface area contributed by atoms with Crippen LogP contribution < -0.4 is 4.89 Å². The van der Waals surface area contributed by atoms with Gasteiger partial charge in [0.25, 0.3) is 7.82 Å². The van der Waals surface area contributed by atoms with Crippen molar-refractivity contribution < 1.29 is 56.6 Å². The maximum absolute atomic E-state index is 14.6. The topological polar surface area (TPSA) is 158 Å². The van der Waals surface area contributed by atoms with E-state index in [1.807, 2.05) is 0 Å². The number of ether oxygens (including phenoxy) is 4. The van der Waals surface area contributed by atoms with Gasteiger partial charge in [-0.05, 0) is 0 Å². The molecule has 0 radical (unpaired) electrons. The molecule has 11 nitrogen and oxygen atoms in total. The molecule has 144 valence electrons. The van der Waals surface area contributed by atoms with E-state index in [1.165, 1.54) is 0 Å². The van der Waals surface area contributed by atoms with E-state index in [2.05, 4.69) is 14.0 Å². The molecule has 1 aliphatic rings. The van der Waals surface area contributed by atoms with Crippen LogP contribution in [0.2, 0.25) is 0 Å². The van der Waals surface area contributed by atoms with Crippen molar-refractivity contribution >= 4 is 25.7 Å². The Morgan fingerprint density at radius 2 is 1.84 bits per heavy atom. The van der Waals surface area contributed by atoms with Crippen LogP contribution in [0.1, 0.15) is 20.8 Å². The number of esters is 3. The SMILES string of the molecule is CC(=O)OC[C@@H](OC(C)=O)[C@@H]1O[C@H](OP(=O)([O-])O)[C@H](OC(C)=O)[C@H]1F. The largest absolute Gasteiger partial charge is 0.756 e. The Morgan fingerprint density at radius 3 is 2.28 bits per heavy atom. The second-order valence-electron chi connectivity index (χ2n) is 5.01. The first kappa shape index (κ1) is 21.5. The van der Waals surface area contributed by atoms with Gasteiger partial charge in [-0.2, -0.15) is 0 Å². The molecule has 1 fully saturated rings. The molecule has 0 saturated carbocycles. The number of rotatable bonds is 7. The number of halogens is 1. The van der Waals surface area contributed by atoms with Gasteiger partial charge in [0.2, 0.25) is 6.29 Å². The van der Waals surface area contributed by atoms with Gasteiger partial charge in [-0.3, -0.25) is 23.5 Å². The van der Waals surface area contributed by atoms with Gasteiger partial charge >= 0.3 is 17.9 Å². The first-order chi connectivity index (χ1) is 11.4. The van der Waals surface area contributed by atoms with Crippen molar-refractivity contribution in [2.45, 2.75) is 51.5 Å². The van der Waals surface area contributed by atoms with Gasteiger partial charge < -0.3 is 28.7 Å². The van der Waals surface area contributed by atoms with Gasteiger partial charge in [0, 0.05) is 20.8 Å². The number of phosphoric ester groups is 1. The fraction of sp³-hybridized carbons (Fsp3) is 0.750. The summed E-state index contributed by atoms with van der Waals surface area (Å²) in [6.07, 6.45) is -9.27. The Labute approximate surface area is 141 Å². The minimum Gasteiger partial charge on any atom is -0.756 e. The molecule has 1 rings (SSSR count). The average molecular weight is 387 g/mol. The summed E-state index contributed by atoms with van der Waals surface area (Å²) in [5.41, 5.74) is 0. The van der Waals surface area contributed by atoms with Crippen molar-refractivity contribution in [1.82, 2.24) is 0 Å². The van der Waals surface area contributed by atoms with Gasteiger partial charge in [-0.15, -0.1) is 0 Å². The van der Waals surface area contributed by atoms with E-state index < -0.39 is 63.1 Å². The highest BCUT2D eigenvalue weighted by atomic mass is 31.2. The summed E-state index contributed by atoms with van der Waals surface area (Å²) in [5.74, 6) is -2.60. The summed E-state index contributed by atoms with van der Waals surface area (Å²) in [4.78, 5) is 52.7. The molecule has 0 amide bonds. The van der Waals surface area contributed by atoms with Crippen molar-refractivity contribution in [3.8, 4) is 0 Å². The Balaban J connectivity index is 3.01. The first-order valence-corrected chi connectivity index (χ1v) is 8.39. The molecule has 1 saturated heterocycles. The third-order valence-electron chi connectivity index (χ3n) is 2.86. The molecule has 1 unspecified atom stereocenters. The summed E-state index contributed by atoms with van der Waals surface area (Å²) in [5, 5.41) is 0. The standard InChI is InChI=1S/C12H18FO11P/c1-5(14)20-4-8(21-6(2)15)10-9(13)11(22-7(3)16)12(23-10)24-25(17,18)19/h8-12H,4H2,1-3H3,(H2,17,18,19)/p-1/t8-,9+,10+,11-,12-/m1/s1. The van der Waals surface area contributed by atoms with E-state index in [9.17, 15) is 28.2 Å². The normalized spacial score (nSPS) is 29.4. The van der Waals surface area contributed by atoms with Gasteiger partial charge in [0.1, 0.15) is 12.7 Å². The lowest BCUT2D eigenvalue weighted by atomic mass is 10.1. The Morgan fingerprint density at radius 1 is 1.24 bits per heavy atom. The lowest BCUT2D eigenvalue weighted by Crippen LogP contribution is -2.42. The fourth-order valence-electron chi connectivity index (χ4n) is 2.07. The molecule has 13 heteroatoms. The maximum atomic E-state index is 14.6. The number of carbonyl (C=O) groups excluding carboxylic acids is 3. The molecule has 0 bridgehead atoms. The predicted molar refractivity (Wildman–Crippen MR) is 72.2 cm³/mol. The van der Waals surface area contributed by atoms with Gasteiger partial charge in [-0.25, -0.2) is 4.39 Å². The van der Waals surface area contributed by atoms with E-state index in [-0.39, 0.29) is 0 Å². The summed E-state index contributed by atoms with van der Waals surface area (Å²) in [7, 11) is -5.36. The van der Waals surface area contributed by atoms with E-state index in [0.717, 1.165) is 20.8 Å². The van der Waals surface area contributed by atoms with Crippen LogP contribution >= 0.6 is 7.82 Å². The van der Waals surface area contributed by atoms with Crippen LogP contribution in [-0.4, -0.2) is 60.2 Å². The highest BCUT2D eigenvalue weighted by Gasteiger charge is 2.53. The van der Waals surface area contributed by atoms with Crippen molar-refractivity contribution in [3.05, 3.63) is 0 Å². The molecule has 1 N–H and O–H groups in total. The maximum Gasteiger partial charge on any atom is 0.303 e. The zero-order valence-corrected chi connectivity index (χ0v) is 14.3. The molecule has 6 atom stereocenters. The molecule has 0 aromatic rings. The quantitative estimate of drug-likeness (QED) is 0.323. The number of phosphoric acid groups is 1. The number of hydrogen-bond acceptors (Lipinski definition) is 10. The Bertz CT molecular complexity index is 561. The minimum absolute atomic E-state index is 0.603. The lowest BCUT2D eigenvalue weighted by molar-refractivity contribution is -0.247.